The number of hydrogen-bond acceptors (Lipinski definition) is 6. The van der Waals surface area contributed by atoms with E-state index >= 15 is 0 Å². The highest BCUT2D eigenvalue weighted by Crippen LogP contribution is 2.27. The fourth-order valence-electron chi connectivity index (χ4n) is 2.40. The minimum absolute atomic E-state index is 0.0181. The van der Waals surface area contributed by atoms with E-state index in [2.05, 4.69) is 15.8 Å². The Morgan fingerprint density at radius 1 is 0.929 bits per heavy atom. The summed E-state index contributed by atoms with van der Waals surface area (Å²) in [5.41, 5.74) is 3.79. The maximum atomic E-state index is 12.2. The largest absolute Gasteiger partial charge is 0.495 e. The molecule has 2 amide bonds. The van der Waals surface area contributed by atoms with Crippen LogP contribution in [0.1, 0.15) is 23.7 Å². The van der Waals surface area contributed by atoms with Crippen LogP contribution in [0.15, 0.2) is 47.6 Å². The Morgan fingerprint density at radius 2 is 1.61 bits per heavy atom. The summed E-state index contributed by atoms with van der Waals surface area (Å²) in [6.07, 6.45) is 0.0181. The minimum Gasteiger partial charge on any atom is -0.495 e. The van der Waals surface area contributed by atoms with Gasteiger partial charge in [-0.15, -0.1) is 0 Å². The maximum Gasteiger partial charge on any atom is 0.271 e. The van der Waals surface area contributed by atoms with E-state index in [0.717, 1.165) is 0 Å². The lowest BCUT2D eigenvalue weighted by Crippen LogP contribution is -2.21. The van der Waals surface area contributed by atoms with E-state index in [-0.39, 0.29) is 12.3 Å². The first-order chi connectivity index (χ1) is 13.5. The number of anilines is 1. The number of nitrogens with zero attached hydrogens (tertiary/aromatic N) is 1. The molecule has 0 aliphatic carbocycles. The number of para-hydroxylation sites is 2. The van der Waals surface area contributed by atoms with Gasteiger partial charge in [0.1, 0.15) is 5.75 Å². The van der Waals surface area contributed by atoms with Crippen molar-refractivity contribution >= 4 is 23.2 Å². The highest BCUT2D eigenvalue weighted by Gasteiger charge is 2.11. The van der Waals surface area contributed by atoms with Crippen molar-refractivity contribution in [3.8, 4) is 17.2 Å². The molecular weight excluding hydrogens is 362 g/mol. The molecule has 0 bridgehead atoms. The van der Waals surface area contributed by atoms with E-state index in [0.29, 0.717) is 34.2 Å². The first-order valence-corrected chi connectivity index (χ1v) is 8.47. The van der Waals surface area contributed by atoms with E-state index in [1.54, 1.807) is 43.3 Å². The molecule has 0 aliphatic heterocycles. The van der Waals surface area contributed by atoms with Crippen LogP contribution in [0, 0.1) is 0 Å². The molecule has 2 aromatic rings. The van der Waals surface area contributed by atoms with Gasteiger partial charge in [0.2, 0.25) is 5.91 Å². The third-order valence-corrected chi connectivity index (χ3v) is 3.79. The van der Waals surface area contributed by atoms with E-state index in [1.165, 1.54) is 21.3 Å². The average Bonchev–Trinajstić information content (AvgIpc) is 2.71. The summed E-state index contributed by atoms with van der Waals surface area (Å²) in [5.74, 6) is 0.822. The molecule has 2 N–H and O–H groups in total. The van der Waals surface area contributed by atoms with E-state index in [9.17, 15) is 9.59 Å². The molecule has 2 aromatic carbocycles. The number of carbonyl (C=O) groups excluding carboxylic acids is 2. The second kappa shape index (κ2) is 9.96. The van der Waals surface area contributed by atoms with Crippen LogP contribution < -0.4 is 25.0 Å². The smallest absolute Gasteiger partial charge is 0.271 e. The summed E-state index contributed by atoms with van der Waals surface area (Å²) in [7, 11) is 4.53. The number of rotatable bonds is 8. The van der Waals surface area contributed by atoms with E-state index < -0.39 is 5.91 Å². The predicted octanol–water partition coefficient (Wildman–Crippen LogP) is 2.85. The summed E-state index contributed by atoms with van der Waals surface area (Å²) < 4.78 is 15.5. The lowest BCUT2D eigenvalue weighted by molar-refractivity contribution is -0.115. The molecule has 0 aromatic heterocycles. The van der Waals surface area contributed by atoms with Gasteiger partial charge in [-0.3, -0.25) is 9.59 Å². The van der Waals surface area contributed by atoms with Gasteiger partial charge in [0.15, 0.2) is 11.5 Å². The molecule has 0 radical (unpaired) electrons. The molecule has 0 unspecified atom stereocenters. The first-order valence-electron chi connectivity index (χ1n) is 8.47. The number of hydrogen-bond donors (Lipinski definition) is 2. The van der Waals surface area contributed by atoms with Gasteiger partial charge in [0, 0.05) is 11.3 Å². The Bertz CT molecular complexity index is 880. The number of benzene rings is 2. The quantitative estimate of drug-likeness (QED) is 0.538. The lowest BCUT2D eigenvalue weighted by atomic mass is 10.2. The Kier molecular flexibility index (Phi) is 7.38. The summed E-state index contributed by atoms with van der Waals surface area (Å²) >= 11 is 0. The summed E-state index contributed by atoms with van der Waals surface area (Å²) in [6, 6.07) is 11.9. The van der Waals surface area contributed by atoms with Gasteiger partial charge in [-0.05, 0) is 37.3 Å². The molecule has 0 spiro atoms. The number of carbonyl (C=O) groups is 2. The van der Waals surface area contributed by atoms with Gasteiger partial charge < -0.3 is 19.5 Å². The SMILES string of the molecule is COc1ccccc1NC(=O)C/C(C)=N/NC(=O)c1ccc(OC)c(OC)c1. The van der Waals surface area contributed by atoms with Gasteiger partial charge in [-0.25, -0.2) is 5.43 Å². The van der Waals surface area contributed by atoms with Crippen LogP contribution in [-0.2, 0) is 4.79 Å². The second-order valence-corrected chi connectivity index (χ2v) is 5.78. The van der Waals surface area contributed by atoms with Crippen molar-refractivity contribution in [2.24, 2.45) is 5.10 Å². The third-order valence-electron chi connectivity index (χ3n) is 3.79. The van der Waals surface area contributed by atoms with Crippen LogP contribution in [-0.4, -0.2) is 38.9 Å². The van der Waals surface area contributed by atoms with E-state index in [1.807, 2.05) is 6.07 Å². The van der Waals surface area contributed by atoms with Crippen molar-refractivity contribution in [2.75, 3.05) is 26.6 Å². The molecule has 0 heterocycles. The van der Waals surface area contributed by atoms with Crippen molar-refractivity contribution in [3.05, 3.63) is 48.0 Å². The van der Waals surface area contributed by atoms with E-state index in [4.69, 9.17) is 14.2 Å². The van der Waals surface area contributed by atoms with Gasteiger partial charge in [0.25, 0.3) is 5.91 Å². The van der Waals surface area contributed by atoms with Crippen molar-refractivity contribution in [1.29, 1.82) is 0 Å². The number of ether oxygens (including phenoxy) is 3. The number of hydrazone groups is 1. The molecular formula is C20H23N3O5. The molecule has 8 heteroatoms. The van der Waals surface area contributed by atoms with Crippen LogP contribution in [0.4, 0.5) is 5.69 Å². The normalized spacial score (nSPS) is 10.8. The van der Waals surface area contributed by atoms with Crippen LogP contribution in [0.2, 0.25) is 0 Å². The van der Waals surface area contributed by atoms with Crippen LogP contribution in [0.3, 0.4) is 0 Å². The molecule has 0 fully saturated rings. The van der Waals surface area contributed by atoms with Crippen molar-refractivity contribution in [3.63, 3.8) is 0 Å². The zero-order chi connectivity index (χ0) is 20.5. The Hall–Kier alpha value is -3.55. The summed E-state index contributed by atoms with van der Waals surface area (Å²) in [4.78, 5) is 24.4. The molecule has 148 valence electrons. The fraction of sp³-hybridized carbons (Fsp3) is 0.250. The Balaban J connectivity index is 1.96. The van der Waals surface area contributed by atoms with Crippen molar-refractivity contribution < 1.29 is 23.8 Å². The maximum absolute atomic E-state index is 12.2. The zero-order valence-corrected chi connectivity index (χ0v) is 16.2. The molecule has 0 saturated heterocycles. The van der Waals surface area contributed by atoms with Gasteiger partial charge in [-0.2, -0.15) is 5.10 Å². The highest BCUT2D eigenvalue weighted by molar-refractivity contribution is 6.06. The summed E-state index contributed by atoms with van der Waals surface area (Å²) in [6.45, 7) is 1.65. The predicted molar refractivity (Wildman–Crippen MR) is 106 cm³/mol. The molecule has 0 aliphatic rings. The minimum atomic E-state index is -0.426. The van der Waals surface area contributed by atoms with Crippen molar-refractivity contribution in [1.82, 2.24) is 5.43 Å². The summed E-state index contributed by atoms with van der Waals surface area (Å²) in [5, 5.41) is 6.73. The molecule has 2 rings (SSSR count). The van der Waals surface area contributed by atoms with Crippen LogP contribution in [0.25, 0.3) is 0 Å². The Labute approximate surface area is 163 Å². The van der Waals surface area contributed by atoms with Crippen molar-refractivity contribution in [2.45, 2.75) is 13.3 Å². The fourth-order valence-corrected chi connectivity index (χ4v) is 2.40. The zero-order valence-electron chi connectivity index (χ0n) is 16.2. The van der Waals surface area contributed by atoms with Gasteiger partial charge in [0.05, 0.1) is 33.4 Å². The second-order valence-electron chi connectivity index (χ2n) is 5.78. The first kappa shape index (κ1) is 20.8. The standard InChI is InChI=1S/C20H23N3O5/c1-13(11-19(24)21-15-7-5-6-8-16(15)26-2)22-23-20(25)14-9-10-17(27-3)18(12-14)28-4/h5-10,12H,11H2,1-4H3,(H,21,24)(H,23,25)/b22-13+. The van der Waals surface area contributed by atoms with Gasteiger partial charge in [-0.1, -0.05) is 12.1 Å². The average molecular weight is 385 g/mol. The topological polar surface area (TPSA) is 98.2 Å². The van der Waals surface area contributed by atoms with Gasteiger partial charge >= 0.3 is 0 Å². The highest BCUT2D eigenvalue weighted by atomic mass is 16.5. The third kappa shape index (κ3) is 5.47. The molecule has 0 saturated carbocycles. The van der Waals surface area contributed by atoms with Crippen LogP contribution >= 0.6 is 0 Å². The van der Waals surface area contributed by atoms with Crippen LogP contribution in [0.5, 0.6) is 17.2 Å². The molecule has 0 atom stereocenters. The number of amides is 2. The number of nitrogens with one attached hydrogen (secondary N) is 2. The molecule has 28 heavy (non-hydrogen) atoms. The Morgan fingerprint density at radius 3 is 2.29 bits per heavy atom. The molecule has 8 nitrogen and oxygen atoms in total. The number of methoxy groups -OCH3 is 3. The monoisotopic (exact) mass is 385 g/mol. The lowest BCUT2D eigenvalue weighted by Gasteiger charge is -2.10.